The lowest BCUT2D eigenvalue weighted by Gasteiger charge is -2.29. The summed E-state index contributed by atoms with van der Waals surface area (Å²) in [7, 11) is 0. The fourth-order valence-electron chi connectivity index (χ4n) is 2.98. The summed E-state index contributed by atoms with van der Waals surface area (Å²) >= 11 is 15.0. The van der Waals surface area contributed by atoms with Gasteiger partial charge in [-0.2, -0.15) is 0 Å². The van der Waals surface area contributed by atoms with Gasteiger partial charge in [-0.25, -0.2) is 0 Å². The van der Waals surface area contributed by atoms with Crippen LogP contribution in [-0.2, 0) is 4.79 Å². The van der Waals surface area contributed by atoms with Crippen molar-refractivity contribution < 1.29 is 9.53 Å². The molecule has 0 aromatic heterocycles. The van der Waals surface area contributed by atoms with E-state index in [9.17, 15) is 4.79 Å². The third kappa shape index (κ3) is 6.09. The summed E-state index contributed by atoms with van der Waals surface area (Å²) < 4.78 is 6.37. The number of amides is 1. The first-order chi connectivity index (χ1) is 13.5. The number of piperidine rings is 1. The van der Waals surface area contributed by atoms with E-state index >= 15 is 0 Å². The van der Waals surface area contributed by atoms with E-state index in [1.54, 1.807) is 12.1 Å². The number of halogens is 2. The van der Waals surface area contributed by atoms with Gasteiger partial charge in [0.1, 0.15) is 5.75 Å². The summed E-state index contributed by atoms with van der Waals surface area (Å²) in [6.07, 6.45) is 3.65. The number of hydrogen-bond donors (Lipinski definition) is 2. The number of anilines is 2. The van der Waals surface area contributed by atoms with Crippen molar-refractivity contribution in [3.05, 3.63) is 52.0 Å². The molecule has 3 rings (SSSR count). The van der Waals surface area contributed by atoms with Gasteiger partial charge in [-0.1, -0.05) is 27.5 Å². The quantitative estimate of drug-likeness (QED) is 0.588. The normalized spacial score (nSPS) is 13.7. The number of nitrogens with zero attached hydrogens (tertiary/aromatic N) is 1. The summed E-state index contributed by atoms with van der Waals surface area (Å²) in [4.78, 5) is 14.3. The molecule has 1 amide bonds. The molecule has 0 spiro atoms. The van der Waals surface area contributed by atoms with Crippen LogP contribution in [0.4, 0.5) is 11.4 Å². The van der Waals surface area contributed by atoms with E-state index < -0.39 is 0 Å². The van der Waals surface area contributed by atoms with Gasteiger partial charge in [0, 0.05) is 23.2 Å². The number of thiocarbonyl (C=S) groups is 1. The molecule has 2 aromatic carbocycles. The maximum Gasteiger partial charge on any atom is 0.264 e. The molecule has 0 atom stereocenters. The summed E-state index contributed by atoms with van der Waals surface area (Å²) in [5.41, 5.74) is 1.76. The molecule has 8 heteroatoms. The molecule has 28 heavy (non-hydrogen) atoms. The van der Waals surface area contributed by atoms with Crippen LogP contribution in [-0.4, -0.2) is 30.7 Å². The molecule has 0 bridgehead atoms. The zero-order chi connectivity index (χ0) is 19.9. The minimum atomic E-state index is -0.337. The first kappa shape index (κ1) is 20.9. The highest BCUT2D eigenvalue weighted by Crippen LogP contribution is 2.30. The van der Waals surface area contributed by atoms with Crippen LogP contribution >= 0.6 is 39.7 Å². The maximum atomic E-state index is 12.0. The average molecular weight is 483 g/mol. The van der Waals surface area contributed by atoms with E-state index in [2.05, 4.69) is 31.5 Å². The number of ether oxygens (including phenoxy) is 1. The predicted octanol–water partition coefficient (Wildman–Crippen LogP) is 4.98. The lowest BCUT2D eigenvalue weighted by atomic mass is 10.1. The summed E-state index contributed by atoms with van der Waals surface area (Å²) in [5.74, 6) is 0.272. The van der Waals surface area contributed by atoms with Crippen molar-refractivity contribution in [2.75, 3.05) is 29.9 Å². The fraction of sp³-hybridized carbons (Fsp3) is 0.300. The highest BCUT2D eigenvalue weighted by Gasteiger charge is 2.14. The largest absolute Gasteiger partial charge is 0.484 e. The molecule has 0 saturated carbocycles. The Morgan fingerprint density at radius 1 is 1.14 bits per heavy atom. The van der Waals surface area contributed by atoms with E-state index in [0.717, 1.165) is 28.9 Å². The summed E-state index contributed by atoms with van der Waals surface area (Å²) in [5, 5.41) is 6.45. The third-order valence-corrected chi connectivity index (χ3v) is 5.37. The van der Waals surface area contributed by atoms with Crippen LogP contribution in [0.1, 0.15) is 19.3 Å². The first-order valence-electron chi connectivity index (χ1n) is 9.05. The monoisotopic (exact) mass is 481 g/mol. The Labute approximate surface area is 183 Å². The first-order valence-corrected chi connectivity index (χ1v) is 10.6. The second-order valence-corrected chi connectivity index (χ2v) is 8.19. The molecular formula is C20H21BrClN3O2S. The third-order valence-electron chi connectivity index (χ3n) is 4.34. The van der Waals surface area contributed by atoms with Crippen molar-refractivity contribution in [1.82, 2.24) is 5.32 Å². The Morgan fingerprint density at radius 3 is 2.54 bits per heavy atom. The van der Waals surface area contributed by atoms with Crippen LogP contribution in [0, 0.1) is 0 Å². The zero-order valence-corrected chi connectivity index (χ0v) is 18.4. The smallest absolute Gasteiger partial charge is 0.264 e. The van der Waals surface area contributed by atoms with Gasteiger partial charge in [0.15, 0.2) is 11.7 Å². The van der Waals surface area contributed by atoms with Crippen LogP contribution in [0.15, 0.2) is 46.9 Å². The Balaban J connectivity index is 1.49. The number of nitrogens with one attached hydrogen (secondary N) is 2. The van der Waals surface area contributed by atoms with Crippen molar-refractivity contribution in [2.24, 2.45) is 0 Å². The SMILES string of the molecule is O=C(COc1ccc(Br)cc1)NC(=S)Nc1ccc(N2CCCCC2)c(Cl)c1. The zero-order valence-electron chi connectivity index (χ0n) is 15.2. The van der Waals surface area contributed by atoms with E-state index in [1.165, 1.54) is 19.3 Å². The summed E-state index contributed by atoms with van der Waals surface area (Å²) in [6, 6.07) is 13.0. The van der Waals surface area contributed by atoms with Gasteiger partial charge in [-0.15, -0.1) is 0 Å². The van der Waals surface area contributed by atoms with Gasteiger partial charge >= 0.3 is 0 Å². The van der Waals surface area contributed by atoms with Gasteiger partial charge < -0.3 is 15.0 Å². The average Bonchev–Trinajstić information content (AvgIpc) is 2.68. The molecule has 0 unspecified atom stereocenters. The van der Waals surface area contributed by atoms with Crippen LogP contribution in [0.3, 0.4) is 0 Å². The van der Waals surface area contributed by atoms with Crippen LogP contribution in [0.25, 0.3) is 0 Å². The Morgan fingerprint density at radius 2 is 1.86 bits per heavy atom. The van der Waals surface area contributed by atoms with Crippen LogP contribution < -0.4 is 20.3 Å². The molecule has 148 valence electrons. The fourth-order valence-corrected chi connectivity index (χ4v) is 3.78. The van der Waals surface area contributed by atoms with Crippen molar-refractivity contribution in [3.8, 4) is 5.75 Å². The number of carbonyl (C=O) groups excluding carboxylic acids is 1. The number of hydrogen-bond acceptors (Lipinski definition) is 4. The van der Waals surface area contributed by atoms with Gasteiger partial charge in [0.05, 0.1) is 10.7 Å². The van der Waals surface area contributed by atoms with E-state index in [1.807, 2.05) is 30.3 Å². The van der Waals surface area contributed by atoms with Gasteiger partial charge in [0.2, 0.25) is 0 Å². The van der Waals surface area contributed by atoms with Gasteiger partial charge in [-0.3, -0.25) is 10.1 Å². The number of rotatable bonds is 5. The standard InChI is InChI=1S/C20H21BrClN3O2S/c21-14-4-7-16(8-5-14)27-13-19(26)24-20(28)23-15-6-9-18(17(22)12-15)25-10-2-1-3-11-25/h4-9,12H,1-3,10-11,13H2,(H2,23,24,26,28). The second-order valence-electron chi connectivity index (χ2n) is 6.46. The predicted molar refractivity (Wildman–Crippen MR) is 122 cm³/mol. The van der Waals surface area contributed by atoms with Crippen molar-refractivity contribution in [2.45, 2.75) is 19.3 Å². The molecule has 1 aliphatic rings. The molecule has 0 radical (unpaired) electrons. The molecule has 1 saturated heterocycles. The highest BCUT2D eigenvalue weighted by atomic mass is 79.9. The van der Waals surface area contributed by atoms with E-state index in [-0.39, 0.29) is 17.6 Å². The Kier molecular flexibility index (Phi) is 7.53. The maximum absolute atomic E-state index is 12.0. The molecule has 1 heterocycles. The van der Waals surface area contributed by atoms with E-state index in [0.29, 0.717) is 10.8 Å². The summed E-state index contributed by atoms with van der Waals surface area (Å²) in [6.45, 7) is 1.93. The number of benzene rings is 2. The minimum Gasteiger partial charge on any atom is -0.484 e. The lowest BCUT2D eigenvalue weighted by molar-refractivity contribution is -0.121. The van der Waals surface area contributed by atoms with Crippen LogP contribution in [0.2, 0.25) is 5.02 Å². The second kappa shape index (κ2) is 10.1. The van der Waals surface area contributed by atoms with Gasteiger partial charge in [0.25, 0.3) is 5.91 Å². The molecule has 1 fully saturated rings. The minimum absolute atomic E-state index is 0.127. The Hall–Kier alpha value is -1.83. The van der Waals surface area contributed by atoms with Crippen LogP contribution in [0.5, 0.6) is 5.75 Å². The molecule has 5 nitrogen and oxygen atoms in total. The molecule has 0 aliphatic carbocycles. The van der Waals surface area contributed by atoms with Crippen molar-refractivity contribution >= 4 is 62.1 Å². The highest BCUT2D eigenvalue weighted by molar-refractivity contribution is 9.10. The van der Waals surface area contributed by atoms with Crippen molar-refractivity contribution in [1.29, 1.82) is 0 Å². The Bertz CT molecular complexity index is 842. The van der Waals surface area contributed by atoms with Crippen molar-refractivity contribution in [3.63, 3.8) is 0 Å². The van der Waals surface area contributed by atoms with Gasteiger partial charge in [-0.05, 0) is 73.9 Å². The molecule has 2 aromatic rings. The number of carbonyl (C=O) groups is 1. The molecule has 2 N–H and O–H groups in total. The topological polar surface area (TPSA) is 53.6 Å². The van der Waals surface area contributed by atoms with E-state index in [4.69, 9.17) is 28.6 Å². The molecule has 1 aliphatic heterocycles. The molecular weight excluding hydrogens is 462 g/mol. The lowest BCUT2D eigenvalue weighted by Crippen LogP contribution is -2.37.